The van der Waals surface area contributed by atoms with E-state index in [2.05, 4.69) is 54.8 Å². The third kappa shape index (κ3) is 9.06. The van der Waals surface area contributed by atoms with E-state index < -0.39 is 0 Å². The maximum absolute atomic E-state index is 5.80. The standard InChI is InChI=1S/C25H38N4O3/c1-6-26-25(27-15-14-20-10-13-23(30-4)24(18-20)31-5)28-19-21-8-11-22(12-9-21)32-17-7-16-29(2)3/h8-13,18H,6-7,14-17,19H2,1-5H3,(H2,26,27,28). The molecule has 7 nitrogen and oxygen atoms in total. The second-order valence-electron chi connectivity index (χ2n) is 7.71. The summed E-state index contributed by atoms with van der Waals surface area (Å²) in [4.78, 5) is 6.86. The van der Waals surface area contributed by atoms with Gasteiger partial charge in [0.1, 0.15) is 5.75 Å². The van der Waals surface area contributed by atoms with Crippen molar-refractivity contribution in [1.82, 2.24) is 15.5 Å². The molecule has 7 heteroatoms. The Morgan fingerprint density at radius 3 is 2.31 bits per heavy atom. The Morgan fingerprint density at radius 2 is 1.66 bits per heavy atom. The van der Waals surface area contributed by atoms with E-state index in [1.54, 1.807) is 14.2 Å². The van der Waals surface area contributed by atoms with Crippen molar-refractivity contribution in [2.45, 2.75) is 26.3 Å². The van der Waals surface area contributed by atoms with Gasteiger partial charge in [0.2, 0.25) is 0 Å². The summed E-state index contributed by atoms with van der Waals surface area (Å²) in [6.07, 6.45) is 1.87. The van der Waals surface area contributed by atoms with Crippen LogP contribution in [0.4, 0.5) is 0 Å². The average molecular weight is 443 g/mol. The lowest BCUT2D eigenvalue weighted by molar-refractivity contribution is 0.281. The molecule has 2 N–H and O–H groups in total. The number of benzene rings is 2. The lowest BCUT2D eigenvalue weighted by Crippen LogP contribution is -2.38. The quantitative estimate of drug-likeness (QED) is 0.282. The number of rotatable bonds is 13. The predicted molar refractivity (Wildman–Crippen MR) is 131 cm³/mol. The van der Waals surface area contributed by atoms with Crippen molar-refractivity contribution < 1.29 is 14.2 Å². The molecule has 0 saturated heterocycles. The number of guanidine groups is 1. The van der Waals surface area contributed by atoms with Gasteiger partial charge in [0.05, 0.1) is 27.4 Å². The fraction of sp³-hybridized carbons (Fsp3) is 0.480. The molecule has 0 radical (unpaired) electrons. The fourth-order valence-corrected chi connectivity index (χ4v) is 3.14. The van der Waals surface area contributed by atoms with Gasteiger partial charge in [-0.2, -0.15) is 0 Å². The second kappa shape index (κ2) is 14.2. The first kappa shape index (κ1) is 25.3. The zero-order valence-electron chi connectivity index (χ0n) is 20.1. The van der Waals surface area contributed by atoms with Crippen LogP contribution in [0.2, 0.25) is 0 Å². The van der Waals surface area contributed by atoms with E-state index in [4.69, 9.17) is 19.2 Å². The molecule has 0 bridgehead atoms. The number of nitrogens with one attached hydrogen (secondary N) is 2. The van der Waals surface area contributed by atoms with E-state index in [-0.39, 0.29) is 0 Å². The van der Waals surface area contributed by atoms with Gasteiger partial charge in [-0.1, -0.05) is 18.2 Å². The summed E-state index contributed by atoms with van der Waals surface area (Å²) in [5.41, 5.74) is 2.31. The topological polar surface area (TPSA) is 67.4 Å². The molecule has 0 heterocycles. The summed E-state index contributed by atoms with van der Waals surface area (Å²) in [5, 5.41) is 6.70. The lowest BCUT2D eigenvalue weighted by atomic mass is 10.1. The van der Waals surface area contributed by atoms with Crippen molar-refractivity contribution in [3.63, 3.8) is 0 Å². The number of hydrogen-bond acceptors (Lipinski definition) is 5. The summed E-state index contributed by atoms with van der Waals surface area (Å²) in [5.74, 6) is 3.19. The van der Waals surface area contributed by atoms with E-state index in [0.29, 0.717) is 6.54 Å². The summed E-state index contributed by atoms with van der Waals surface area (Å²) < 4.78 is 16.5. The SMILES string of the molecule is CCNC(=NCc1ccc(OCCCN(C)C)cc1)NCCc1ccc(OC)c(OC)c1. The van der Waals surface area contributed by atoms with Crippen LogP contribution < -0.4 is 24.8 Å². The number of methoxy groups -OCH3 is 2. The fourth-order valence-electron chi connectivity index (χ4n) is 3.14. The Labute approximate surface area is 192 Å². The molecule has 0 aliphatic carbocycles. The molecule has 0 aliphatic heterocycles. The average Bonchev–Trinajstić information content (AvgIpc) is 2.80. The Kier molecular flexibility index (Phi) is 11.2. The molecule has 0 saturated carbocycles. The molecule has 32 heavy (non-hydrogen) atoms. The van der Waals surface area contributed by atoms with Gasteiger partial charge in [-0.05, 0) is 69.3 Å². The molecular formula is C25H38N4O3. The van der Waals surface area contributed by atoms with Gasteiger partial charge in [0.15, 0.2) is 17.5 Å². The van der Waals surface area contributed by atoms with Gasteiger partial charge in [0.25, 0.3) is 0 Å². The molecule has 0 amide bonds. The molecule has 0 fully saturated rings. The third-order valence-corrected chi connectivity index (χ3v) is 4.86. The molecule has 0 atom stereocenters. The van der Waals surface area contributed by atoms with Crippen molar-refractivity contribution in [3.8, 4) is 17.2 Å². The van der Waals surface area contributed by atoms with Crippen LogP contribution >= 0.6 is 0 Å². The van der Waals surface area contributed by atoms with Gasteiger partial charge in [0, 0.05) is 19.6 Å². The van der Waals surface area contributed by atoms with Gasteiger partial charge < -0.3 is 29.7 Å². The molecule has 0 aliphatic rings. The van der Waals surface area contributed by atoms with Crippen LogP contribution in [0.15, 0.2) is 47.5 Å². The highest BCUT2D eigenvalue weighted by Gasteiger charge is 2.05. The van der Waals surface area contributed by atoms with Crippen LogP contribution in [0, 0.1) is 0 Å². The van der Waals surface area contributed by atoms with Crippen LogP contribution in [-0.4, -0.2) is 65.4 Å². The summed E-state index contributed by atoms with van der Waals surface area (Å²) >= 11 is 0. The molecule has 176 valence electrons. The molecule has 2 aromatic carbocycles. The number of ether oxygens (including phenoxy) is 3. The van der Waals surface area contributed by atoms with E-state index >= 15 is 0 Å². The normalized spacial score (nSPS) is 11.4. The smallest absolute Gasteiger partial charge is 0.191 e. The lowest BCUT2D eigenvalue weighted by Gasteiger charge is -2.13. The van der Waals surface area contributed by atoms with Crippen molar-refractivity contribution in [3.05, 3.63) is 53.6 Å². The minimum atomic E-state index is 0.604. The molecular weight excluding hydrogens is 404 g/mol. The Bertz CT molecular complexity index is 822. The van der Waals surface area contributed by atoms with Crippen molar-refractivity contribution in [2.24, 2.45) is 4.99 Å². The van der Waals surface area contributed by atoms with Crippen LogP contribution in [0.3, 0.4) is 0 Å². The Balaban J connectivity index is 1.83. The van der Waals surface area contributed by atoms with Gasteiger partial charge in [-0.3, -0.25) is 0 Å². The van der Waals surface area contributed by atoms with Crippen molar-refractivity contribution in [2.75, 3.05) is 54.6 Å². The highest BCUT2D eigenvalue weighted by atomic mass is 16.5. The molecule has 0 spiro atoms. The van der Waals surface area contributed by atoms with E-state index in [0.717, 1.165) is 67.9 Å². The van der Waals surface area contributed by atoms with Gasteiger partial charge >= 0.3 is 0 Å². The maximum atomic E-state index is 5.80. The third-order valence-electron chi connectivity index (χ3n) is 4.86. The minimum absolute atomic E-state index is 0.604. The van der Waals surface area contributed by atoms with Crippen molar-refractivity contribution >= 4 is 5.96 Å². The maximum Gasteiger partial charge on any atom is 0.191 e. The summed E-state index contributed by atoms with van der Waals surface area (Å²) in [6, 6.07) is 14.2. The van der Waals surface area contributed by atoms with Crippen LogP contribution in [0.5, 0.6) is 17.2 Å². The molecule has 0 unspecified atom stereocenters. The first-order valence-electron chi connectivity index (χ1n) is 11.1. The monoisotopic (exact) mass is 442 g/mol. The second-order valence-corrected chi connectivity index (χ2v) is 7.71. The predicted octanol–water partition coefficient (Wildman–Crippen LogP) is 3.33. The molecule has 0 aromatic heterocycles. The van der Waals surface area contributed by atoms with E-state index in [1.807, 2.05) is 24.3 Å². The number of aliphatic imine (C=N–C) groups is 1. The number of nitrogens with zero attached hydrogens (tertiary/aromatic N) is 2. The van der Waals surface area contributed by atoms with Crippen LogP contribution in [-0.2, 0) is 13.0 Å². The van der Waals surface area contributed by atoms with E-state index in [9.17, 15) is 0 Å². The first-order valence-corrected chi connectivity index (χ1v) is 11.1. The summed E-state index contributed by atoms with van der Waals surface area (Å²) in [7, 11) is 7.44. The van der Waals surface area contributed by atoms with E-state index in [1.165, 1.54) is 5.56 Å². The zero-order valence-corrected chi connectivity index (χ0v) is 20.1. The Morgan fingerprint density at radius 1 is 0.938 bits per heavy atom. The number of hydrogen-bond donors (Lipinski definition) is 2. The molecule has 2 rings (SSSR count). The van der Waals surface area contributed by atoms with Crippen LogP contribution in [0.25, 0.3) is 0 Å². The highest BCUT2D eigenvalue weighted by Crippen LogP contribution is 2.27. The largest absolute Gasteiger partial charge is 0.494 e. The van der Waals surface area contributed by atoms with Crippen LogP contribution in [0.1, 0.15) is 24.5 Å². The van der Waals surface area contributed by atoms with Gasteiger partial charge in [-0.15, -0.1) is 0 Å². The highest BCUT2D eigenvalue weighted by molar-refractivity contribution is 5.79. The zero-order chi connectivity index (χ0) is 23.2. The first-order chi connectivity index (χ1) is 15.5. The summed E-state index contributed by atoms with van der Waals surface area (Å²) in [6.45, 7) is 5.99. The Hall–Kier alpha value is -2.93. The minimum Gasteiger partial charge on any atom is -0.494 e. The van der Waals surface area contributed by atoms with Gasteiger partial charge in [-0.25, -0.2) is 4.99 Å². The van der Waals surface area contributed by atoms with Crippen molar-refractivity contribution in [1.29, 1.82) is 0 Å². The molecule has 2 aromatic rings.